The SMILES string of the molecule is CCCCCCCC/C=C/CCCCCCCC(=O)O.CCCCCCCC/C=C/CCCCCCCC(=O)O.CCCCCCCC/C=C/CCCCCCCC(=O)O.OCC(O)CO. The second-order valence-electron chi connectivity index (χ2n) is 18.2. The molecule has 9 nitrogen and oxygen atoms in total. The van der Waals surface area contributed by atoms with E-state index >= 15 is 0 Å². The van der Waals surface area contributed by atoms with E-state index in [9.17, 15) is 14.4 Å². The Kier molecular flexibility index (Phi) is 70.9. The van der Waals surface area contributed by atoms with Gasteiger partial charge in [0.15, 0.2) is 0 Å². The minimum absolute atomic E-state index is 0.332. The Labute approximate surface area is 407 Å². The first kappa shape index (κ1) is 70.1. The molecule has 0 saturated heterocycles. The molecule has 0 rings (SSSR count). The van der Waals surface area contributed by atoms with Gasteiger partial charge in [-0.1, -0.05) is 211 Å². The van der Waals surface area contributed by atoms with E-state index in [0.29, 0.717) is 19.3 Å². The van der Waals surface area contributed by atoms with Crippen molar-refractivity contribution in [3.8, 4) is 0 Å². The number of aliphatic hydroxyl groups excluding tert-OH is 3. The van der Waals surface area contributed by atoms with E-state index in [2.05, 4.69) is 57.2 Å². The van der Waals surface area contributed by atoms with E-state index in [-0.39, 0.29) is 13.2 Å². The number of carboxylic acid groups (broad SMARTS) is 3. The lowest BCUT2D eigenvalue weighted by Gasteiger charge is -1.99. The number of aliphatic hydroxyl groups is 3. The van der Waals surface area contributed by atoms with Crippen LogP contribution in [0.1, 0.15) is 290 Å². The van der Waals surface area contributed by atoms with Crippen molar-refractivity contribution in [2.75, 3.05) is 13.2 Å². The van der Waals surface area contributed by atoms with Crippen LogP contribution in [0.25, 0.3) is 0 Å². The fraction of sp³-hybridized carbons (Fsp3) is 0.842. The van der Waals surface area contributed by atoms with E-state index in [1.54, 1.807) is 0 Å². The zero-order valence-corrected chi connectivity index (χ0v) is 43.6. The van der Waals surface area contributed by atoms with Gasteiger partial charge in [0.1, 0.15) is 6.10 Å². The standard InChI is InChI=1S/3C18H34O2.C3H8O3/c3*1-2-3-4-5-6-7-8-9-10-11-12-13-14-15-16-17-18(19)20;4-1-3(6)2-5/h3*9-10H,2-8,11-17H2,1H3,(H,19,20);3-6H,1-2H2/b3*10-9+;. The molecule has 0 aromatic rings. The maximum atomic E-state index is 10.3. The van der Waals surface area contributed by atoms with Crippen LogP contribution in [0.3, 0.4) is 0 Å². The molecule has 0 aliphatic rings. The minimum Gasteiger partial charge on any atom is -0.481 e. The third kappa shape index (κ3) is 81.7. The van der Waals surface area contributed by atoms with Crippen LogP contribution in [0.5, 0.6) is 0 Å². The molecular weight excluding hydrogens is 829 g/mol. The number of hydrogen-bond donors (Lipinski definition) is 6. The molecular formula is C57H110O9. The van der Waals surface area contributed by atoms with Crippen molar-refractivity contribution in [1.29, 1.82) is 0 Å². The van der Waals surface area contributed by atoms with Gasteiger partial charge in [0, 0.05) is 19.3 Å². The first-order valence-electron chi connectivity index (χ1n) is 27.6. The molecule has 0 amide bonds. The summed E-state index contributed by atoms with van der Waals surface area (Å²) in [6.45, 7) is 6.05. The van der Waals surface area contributed by atoms with E-state index < -0.39 is 24.0 Å². The first-order valence-corrected chi connectivity index (χ1v) is 27.6. The average molecular weight is 939 g/mol. The summed E-state index contributed by atoms with van der Waals surface area (Å²) in [6, 6.07) is 0. The molecule has 0 saturated carbocycles. The van der Waals surface area contributed by atoms with Crippen molar-refractivity contribution in [2.45, 2.75) is 297 Å². The molecule has 66 heavy (non-hydrogen) atoms. The third-order valence-corrected chi connectivity index (χ3v) is 11.4. The van der Waals surface area contributed by atoms with Crippen LogP contribution < -0.4 is 0 Å². The average Bonchev–Trinajstić information content (AvgIpc) is 3.30. The highest BCUT2D eigenvalue weighted by Crippen LogP contribution is 2.13. The molecule has 6 N–H and O–H groups in total. The summed E-state index contributed by atoms with van der Waals surface area (Å²) in [4.78, 5) is 31.0. The minimum atomic E-state index is -0.954. The topological polar surface area (TPSA) is 173 Å². The van der Waals surface area contributed by atoms with Crippen molar-refractivity contribution >= 4 is 17.9 Å². The fourth-order valence-corrected chi connectivity index (χ4v) is 7.10. The molecule has 0 aromatic carbocycles. The quantitative estimate of drug-likeness (QED) is 0.0256. The number of rotatable bonds is 47. The van der Waals surface area contributed by atoms with E-state index in [0.717, 1.165) is 38.5 Å². The Balaban J connectivity index is -0.000000410. The first-order chi connectivity index (χ1) is 32.1. The number of aliphatic carboxylic acids is 3. The number of hydrogen-bond acceptors (Lipinski definition) is 6. The lowest BCUT2D eigenvalue weighted by Crippen LogP contribution is -2.15. The fourth-order valence-electron chi connectivity index (χ4n) is 7.10. The van der Waals surface area contributed by atoms with Crippen molar-refractivity contribution < 1.29 is 45.0 Å². The summed E-state index contributed by atoms with van der Waals surface area (Å²) in [5, 5.41) is 49.5. The van der Waals surface area contributed by atoms with Crippen LogP contribution in [0, 0.1) is 0 Å². The van der Waals surface area contributed by atoms with Gasteiger partial charge >= 0.3 is 17.9 Å². The van der Waals surface area contributed by atoms with Gasteiger partial charge in [0.05, 0.1) is 13.2 Å². The van der Waals surface area contributed by atoms with Crippen molar-refractivity contribution in [1.82, 2.24) is 0 Å². The summed E-state index contributed by atoms with van der Waals surface area (Å²) in [6.07, 6.45) is 62.8. The van der Waals surface area contributed by atoms with Crippen LogP contribution in [0.4, 0.5) is 0 Å². The second kappa shape index (κ2) is 66.8. The van der Waals surface area contributed by atoms with Crippen LogP contribution in [0.15, 0.2) is 36.5 Å². The van der Waals surface area contributed by atoms with Crippen molar-refractivity contribution in [3.63, 3.8) is 0 Å². The van der Waals surface area contributed by atoms with Gasteiger partial charge in [-0.05, 0) is 96.3 Å². The molecule has 0 aromatic heterocycles. The zero-order chi connectivity index (χ0) is 49.7. The van der Waals surface area contributed by atoms with Crippen LogP contribution in [-0.2, 0) is 14.4 Å². The van der Waals surface area contributed by atoms with Gasteiger partial charge in [-0.15, -0.1) is 0 Å². The van der Waals surface area contributed by atoms with Crippen LogP contribution >= 0.6 is 0 Å². The molecule has 0 fully saturated rings. The largest absolute Gasteiger partial charge is 0.481 e. The van der Waals surface area contributed by atoms with Gasteiger partial charge < -0.3 is 30.6 Å². The van der Waals surface area contributed by atoms with Gasteiger partial charge in [0.2, 0.25) is 0 Å². The smallest absolute Gasteiger partial charge is 0.303 e. The molecule has 0 unspecified atom stereocenters. The number of unbranched alkanes of at least 4 members (excludes halogenated alkanes) is 33. The molecule has 9 heteroatoms. The van der Waals surface area contributed by atoms with Gasteiger partial charge in [0.25, 0.3) is 0 Å². The molecule has 0 spiro atoms. The summed E-state index contributed by atoms with van der Waals surface area (Å²) >= 11 is 0. The monoisotopic (exact) mass is 939 g/mol. The lowest BCUT2D eigenvalue weighted by atomic mass is 10.1. The summed E-state index contributed by atoms with van der Waals surface area (Å²) in [7, 11) is 0. The zero-order valence-electron chi connectivity index (χ0n) is 43.6. The number of allylic oxidation sites excluding steroid dienone is 6. The Morgan fingerprint density at radius 3 is 0.621 bits per heavy atom. The normalized spacial score (nSPS) is 11.1. The molecule has 0 aliphatic heterocycles. The molecule has 0 atom stereocenters. The van der Waals surface area contributed by atoms with Crippen molar-refractivity contribution in [3.05, 3.63) is 36.5 Å². The van der Waals surface area contributed by atoms with Crippen LogP contribution in [-0.4, -0.2) is 67.9 Å². The Hall–Kier alpha value is -2.49. The molecule has 0 bridgehead atoms. The van der Waals surface area contributed by atoms with E-state index in [4.69, 9.17) is 30.6 Å². The van der Waals surface area contributed by atoms with Gasteiger partial charge in [-0.2, -0.15) is 0 Å². The predicted molar refractivity (Wildman–Crippen MR) is 281 cm³/mol. The van der Waals surface area contributed by atoms with Gasteiger partial charge in [-0.25, -0.2) is 0 Å². The van der Waals surface area contributed by atoms with E-state index in [1.807, 2.05) is 0 Å². The maximum Gasteiger partial charge on any atom is 0.303 e. The summed E-state index contributed by atoms with van der Waals surface area (Å²) in [5.74, 6) is -1.99. The predicted octanol–water partition coefficient (Wildman–Crippen LogP) is 16.7. The highest BCUT2D eigenvalue weighted by atomic mass is 16.4. The highest BCUT2D eigenvalue weighted by molar-refractivity contribution is 5.67. The molecule has 392 valence electrons. The van der Waals surface area contributed by atoms with E-state index in [1.165, 1.54) is 212 Å². The Morgan fingerprint density at radius 2 is 0.470 bits per heavy atom. The Bertz CT molecular complexity index is 903. The number of carboxylic acids is 3. The molecule has 0 radical (unpaired) electrons. The van der Waals surface area contributed by atoms with Gasteiger partial charge in [-0.3, -0.25) is 14.4 Å². The summed E-state index contributed by atoms with van der Waals surface area (Å²) < 4.78 is 0. The maximum absolute atomic E-state index is 10.3. The third-order valence-electron chi connectivity index (χ3n) is 11.4. The number of carbonyl (C=O) groups is 3. The second-order valence-corrected chi connectivity index (χ2v) is 18.2. The van der Waals surface area contributed by atoms with Crippen molar-refractivity contribution in [2.24, 2.45) is 0 Å². The van der Waals surface area contributed by atoms with Crippen LogP contribution in [0.2, 0.25) is 0 Å². The molecule has 0 heterocycles. The highest BCUT2D eigenvalue weighted by Gasteiger charge is 1.99. The molecule has 0 aliphatic carbocycles. The Morgan fingerprint density at radius 1 is 0.303 bits per heavy atom. The summed E-state index contributed by atoms with van der Waals surface area (Å²) in [5.41, 5.74) is 0. The lowest BCUT2D eigenvalue weighted by molar-refractivity contribution is -0.138.